The van der Waals surface area contributed by atoms with E-state index in [0.717, 1.165) is 12.8 Å². The molecule has 1 aliphatic rings. The smallest absolute Gasteiger partial charge is 0.0647 e. The molecule has 1 aromatic heterocycles. The van der Waals surface area contributed by atoms with E-state index in [0.29, 0.717) is 6.04 Å². The lowest BCUT2D eigenvalue weighted by molar-refractivity contribution is 0.842. The van der Waals surface area contributed by atoms with Gasteiger partial charge in [-0.25, -0.2) is 0 Å². The molecular formula is C15H17NS. The third kappa shape index (κ3) is 1.98. The Kier molecular flexibility index (Phi) is 2.67. The van der Waals surface area contributed by atoms with Crippen LogP contribution in [0.3, 0.4) is 0 Å². The largest absolute Gasteiger partial charge is 0.377 e. The fourth-order valence-corrected chi connectivity index (χ4v) is 3.38. The van der Waals surface area contributed by atoms with Gasteiger partial charge >= 0.3 is 0 Å². The van der Waals surface area contributed by atoms with Crippen LogP contribution in [-0.2, 0) is 12.8 Å². The molecule has 1 atom stereocenters. The Balaban J connectivity index is 1.87. The minimum atomic E-state index is 0.482. The highest BCUT2D eigenvalue weighted by molar-refractivity contribution is 7.12. The second-order valence-electron chi connectivity index (χ2n) is 4.69. The topological polar surface area (TPSA) is 12.0 Å². The van der Waals surface area contributed by atoms with Crippen LogP contribution < -0.4 is 5.32 Å². The first-order valence-corrected chi connectivity index (χ1v) is 7.02. The predicted molar refractivity (Wildman–Crippen MR) is 74.9 cm³/mol. The van der Waals surface area contributed by atoms with Crippen molar-refractivity contribution in [2.24, 2.45) is 0 Å². The van der Waals surface area contributed by atoms with Gasteiger partial charge in [-0.2, -0.15) is 0 Å². The summed E-state index contributed by atoms with van der Waals surface area (Å²) in [5, 5.41) is 3.63. The molecule has 2 heteroatoms. The summed E-state index contributed by atoms with van der Waals surface area (Å²) in [4.78, 5) is 2.85. The maximum absolute atomic E-state index is 3.63. The number of hydrogen-bond acceptors (Lipinski definition) is 2. The van der Waals surface area contributed by atoms with Crippen LogP contribution >= 0.6 is 11.3 Å². The zero-order valence-electron chi connectivity index (χ0n) is 10.3. The fraction of sp³-hybridized carbons (Fsp3) is 0.333. The summed E-state index contributed by atoms with van der Waals surface area (Å²) in [6.45, 7) is 4.38. The summed E-state index contributed by atoms with van der Waals surface area (Å²) < 4.78 is 0. The predicted octanol–water partition coefficient (Wildman–Crippen LogP) is 4.33. The number of rotatable bonds is 2. The first-order chi connectivity index (χ1) is 8.26. The Labute approximate surface area is 106 Å². The number of anilines is 1. The molecule has 0 spiro atoms. The molecule has 1 nitrogen and oxygen atoms in total. The van der Waals surface area contributed by atoms with Crippen LogP contribution in [0.25, 0.3) is 0 Å². The fourth-order valence-electron chi connectivity index (χ4n) is 2.45. The summed E-state index contributed by atoms with van der Waals surface area (Å²) in [5.74, 6) is 0. The van der Waals surface area contributed by atoms with Crippen LogP contribution in [0.5, 0.6) is 0 Å². The van der Waals surface area contributed by atoms with Crippen molar-refractivity contribution in [3.05, 3.63) is 51.2 Å². The van der Waals surface area contributed by atoms with Crippen molar-refractivity contribution in [2.75, 3.05) is 5.32 Å². The molecule has 1 aliphatic heterocycles. The monoisotopic (exact) mass is 243 g/mol. The third-order valence-electron chi connectivity index (χ3n) is 3.44. The van der Waals surface area contributed by atoms with Crippen molar-refractivity contribution in [3.63, 3.8) is 0 Å². The number of benzene rings is 1. The Morgan fingerprint density at radius 1 is 1.29 bits per heavy atom. The Morgan fingerprint density at radius 2 is 2.18 bits per heavy atom. The molecule has 2 aromatic rings. The van der Waals surface area contributed by atoms with Crippen LogP contribution in [-0.4, -0.2) is 0 Å². The third-order valence-corrected chi connectivity index (χ3v) is 4.55. The molecule has 1 aromatic carbocycles. The van der Waals surface area contributed by atoms with Gasteiger partial charge in [-0.05, 0) is 49.1 Å². The molecule has 3 rings (SSSR count). The highest BCUT2D eigenvalue weighted by Gasteiger charge is 2.22. The molecule has 0 aliphatic carbocycles. The Hall–Kier alpha value is -1.28. The van der Waals surface area contributed by atoms with Gasteiger partial charge in [0, 0.05) is 15.4 Å². The zero-order valence-corrected chi connectivity index (χ0v) is 11.1. The number of thiophene rings is 1. The van der Waals surface area contributed by atoms with Crippen molar-refractivity contribution >= 4 is 17.0 Å². The van der Waals surface area contributed by atoms with E-state index >= 15 is 0 Å². The van der Waals surface area contributed by atoms with Gasteiger partial charge in [0.15, 0.2) is 0 Å². The van der Waals surface area contributed by atoms with Crippen LogP contribution in [0.15, 0.2) is 30.3 Å². The van der Waals surface area contributed by atoms with E-state index in [2.05, 4.69) is 49.5 Å². The van der Waals surface area contributed by atoms with E-state index in [1.165, 1.54) is 26.6 Å². The average molecular weight is 243 g/mol. The van der Waals surface area contributed by atoms with Crippen molar-refractivity contribution < 1.29 is 0 Å². The van der Waals surface area contributed by atoms with Gasteiger partial charge < -0.3 is 5.32 Å². The quantitative estimate of drug-likeness (QED) is 0.828. The highest BCUT2D eigenvalue weighted by atomic mass is 32.1. The molecule has 17 heavy (non-hydrogen) atoms. The highest BCUT2D eigenvalue weighted by Crippen LogP contribution is 2.37. The molecule has 0 saturated carbocycles. The number of fused-ring (bicyclic) bond motifs is 1. The lowest BCUT2D eigenvalue weighted by Gasteiger charge is -2.07. The molecule has 0 bridgehead atoms. The van der Waals surface area contributed by atoms with Crippen molar-refractivity contribution in [2.45, 2.75) is 32.7 Å². The molecular weight excluding hydrogens is 226 g/mol. The summed E-state index contributed by atoms with van der Waals surface area (Å²) >= 11 is 1.90. The zero-order chi connectivity index (χ0) is 11.8. The maximum atomic E-state index is 3.63. The Morgan fingerprint density at radius 3 is 2.88 bits per heavy atom. The van der Waals surface area contributed by atoms with Crippen LogP contribution in [0, 0.1) is 6.92 Å². The molecule has 1 N–H and O–H groups in total. The minimum Gasteiger partial charge on any atom is -0.377 e. The van der Waals surface area contributed by atoms with Crippen LogP contribution in [0.2, 0.25) is 0 Å². The van der Waals surface area contributed by atoms with Gasteiger partial charge in [0.2, 0.25) is 0 Å². The van der Waals surface area contributed by atoms with E-state index in [1.807, 2.05) is 11.3 Å². The summed E-state index contributed by atoms with van der Waals surface area (Å²) in [6, 6.07) is 11.8. The summed E-state index contributed by atoms with van der Waals surface area (Å²) in [5.41, 5.74) is 4.23. The van der Waals surface area contributed by atoms with Crippen LogP contribution in [0.4, 0.5) is 5.69 Å². The lowest BCUT2D eigenvalue weighted by Crippen LogP contribution is -2.02. The van der Waals surface area contributed by atoms with Gasteiger partial charge in [0.05, 0.1) is 6.04 Å². The van der Waals surface area contributed by atoms with Crippen molar-refractivity contribution in [1.29, 1.82) is 0 Å². The molecule has 0 fully saturated rings. The molecule has 1 unspecified atom stereocenters. The van der Waals surface area contributed by atoms with Crippen molar-refractivity contribution in [3.8, 4) is 0 Å². The first-order valence-electron chi connectivity index (χ1n) is 6.21. The maximum Gasteiger partial charge on any atom is 0.0647 e. The number of nitrogens with one attached hydrogen (secondary N) is 1. The van der Waals surface area contributed by atoms with Crippen LogP contribution in [0.1, 0.15) is 33.8 Å². The first kappa shape index (κ1) is 10.8. The molecule has 0 saturated heterocycles. The van der Waals surface area contributed by atoms with E-state index in [4.69, 9.17) is 0 Å². The average Bonchev–Trinajstić information content (AvgIpc) is 2.93. The van der Waals surface area contributed by atoms with E-state index in [9.17, 15) is 0 Å². The number of hydrogen-bond donors (Lipinski definition) is 1. The van der Waals surface area contributed by atoms with Gasteiger partial charge in [-0.15, -0.1) is 11.3 Å². The molecule has 88 valence electrons. The van der Waals surface area contributed by atoms with E-state index in [-0.39, 0.29) is 0 Å². The van der Waals surface area contributed by atoms with Gasteiger partial charge in [0.1, 0.15) is 0 Å². The lowest BCUT2D eigenvalue weighted by atomic mass is 10.0. The van der Waals surface area contributed by atoms with Gasteiger partial charge in [0.25, 0.3) is 0 Å². The van der Waals surface area contributed by atoms with Gasteiger partial charge in [-0.3, -0.25) is 0 Å². The van der Waals surface area contributed by atoms with Crippen molar-refractivity contribution in [1.82, 2.24) is 0 Å². The molecule has 0 radical (unpaired) electrons. The Bertz CT molecular complexity index is 542. The summed E-state index contributed by atoms with van der Waals surface area (Å²) in [7, 11) is 0. The van der Waals surface area contributed by atoms with E-state index < -0.39 is 0 Å². The second kappa shape index (κ2) is 4.19. The molecule has 2 heterocycles. The van der Waals surface area contributed by atoms with E-state index in [1.54, 1.807) is 0 Å². The van der Waals surface area contributed by atoms with Gasteiger partial charge in [-0.1, -0.05) is 19.1 Å². The standard InChI is InChI=1S/C15H17NS/c1-3-11-5-6-13-12(8-11)9-14(16-13)15-7-4-10(2)17-15/h4-8,14,16H,3,9H2,1-2H3. The normalized spacial score (nSPS) is 17.9. The summed E-state index contributed by atoms with van der Waals surface area (Å²) in [6.07, 6.45) is 2.25. The second-order valence-corrected chi connectivity index (χ2v) is 6.01. The minimum absolute atomic E-state index is 0.482. The molecule has 0 amide bonds. The SMILES string of the molecule is CCc1ccc2c(c1)CC(c1ccc(C)s1)N2. The number of aryl methyl sites for hydroxylation is 2.